The lowest BCUT2D eigenvalue weighted by Gasteiger charge is -2.38. The van der Waals surface area contributed by atoms with Crippen LogP contribution in [0.5, 0.6) is 0 Å². The lowest BCUT2D eigenvalue weighted by atomic mass is 9.97. The molecular weight excluding hydrogens is 278 g/mol. The molecule has 1 saturated heterocycles. The van der Waals surface area contributed by atoms with Crippen LogP contribution in [-0.4, -0.2) is 61.0 Å². The molecule has 0 aliphatic carbocycles. The molecule has 0 aromatic carbocycles. The summed E-state index contributed by atoms with van der Waals surface area (Å²) in [5.41, 5.74) is 5.92. The molecule has 0 saturated carbocycles. The Morgan fingerprint density at radius 2 is 1.95 bits per heavy atom. The second-order valence-corrected chi connectivity index (χ2v) is 7.32. The van der Waals surface area contributed by atoms with Crippen molar-refractivity contribution in [1.82, 2.24) is 9.21 Å². The van der Waals surface area contributed by atoms with Gasteiger partial charge >= 0.3 is 0 Å². The Morgan fingerprint density at radius 3 is 2.45 bits per heavy atom. The molecule has 6 nitrogen and oxygen atoms in total. The Kier molecular flexibility index (Phi) is 6.42. The van der Waals surface area contributed by atoms with Gasteiger partial charge in [0.25, 0.3) is 0 Å². The zero-order chi connectivity index (χ0) is 15.3. The number of carbonyl (C=O) groups excluding carboxylic acids is 1. The van der Waals surface area contributed by atoms with E-state index in [2.05, 4.69) is 0 Å². The highest BCUT2D eigenvalue weighted by Gasteiger charge is 2.32. The first-order valence-electron chi connectivity index (χ1n) is 7.36. The van der Waals surface area contributed by atoms with E-state index < -0.39 is 15.8 Å². The maximum Gasteiger partial charge on any atom is 0.239 e. The molecule has 7 heteroatoms. The molecule has 20 heavy (non-hydrogen) atoms. The van der Waals surface area contributed by atoms with Crippen LogP contribution in [0.15, 0.2) is 0 Å². The molecular formula is C13H27N3O3S. The average Bonchev–Trinajstić information content (AvgIpc) is 2.39. The number of piperidine rings is 1. The zero-order valence-corrected chi connectivity index (χ0v) is 13.5. The second-order valence-electron chi connectivity index (χ2n) is 5.35. The van der Waals surface area contributed by atoms with Gasteiger partial charge in [0.2, 0.25) is 15.9 Å². The Labute approximate surface area is 122 Å². The standard InChI is InChI=1S/C13H27N3O3S/c1-4-15(5-2)20(18,19)10-13(17)16-9-7-6-8-12(16)11(3)14/h11-12H,4-10,14H2,1-3H3. The number of nitrogens with zero attached hydrogens (tertiary/aromatic N) is 2. The average molecular weight is 305 g/mol. The fraction of sp³-hybridized carbons (Fsp3) is 0.923. The van der Waals surface area contributed by atoms with E-state index in [1.165, 1.54) is 4.31 Å². The molecule has 1 aliphatic heterocycles. The maximum atomic E-state index is 12.3. The minimum Gasteiger partial charge on any atom is -0.337 e. The van der Waals surface area contributed by atoms with Crippen molar-refractivity contribution >= 4 is 15.9 Å². The van der Waals surface area contributed by atoms with E-state index in [1.807, 2.05) is 6.92 Å². The first-order chi connectivity index (χ1) is 9.33. The van der Waals surface area contributed by atoms with Crippen LogP contribution < -0.4 is 5.73 Å². The fourth-order valence-corrected chi connectivity index (χ4v) is 4.21. The van der Waals surface area contributed by atoms with Crippen LogP contribution >= 0.6 is 0 Å². The summed E-state index contributed by atoms with van der Waals surface area (Å²) in [7, 11) is -3.52. The van der Waals surface area contributed by atoms with E-state index in [1.54, 1.807) is 18.7 Å². The Balaban J connectivity index is 2.78. The molecule has 118 valence electrons. The van der Waals surface area contributed by atoms with Gasteiger partial charge in [-0.2, -0.15) is 0 Å². The van der Waals surface area contributed by atoms with Crippen molar-refractivity contribution < 1.29 is 13.2 Å². The molecule has 0 aromatic heterocycles. The van der Waals surface area contributed by atoms with Crippen LogP contribution in [0.3, 0.4) is 0 Å². The first-order valence-corrected chi connectivity index (χ1v) is 8.97. The Hall–Kier alpha value is -0.660. The number of hydrogen-bond donors (Lipinski definition) is 1. The number of carbonyl (C=O) groups is 1. The highest BCUT2D eigenvalue weighted by molar-refractivity contribution is 7.89. The van der Waals surface area contributed by atoms with Gasteiger partial charge in [0.1, 0.15) is 5.75 Å². The van der Waals surface area contributed by atoms with Crippen LogP contribution in [-0.2, 0) is 14.8 Å². The van der Waals surface area contributed by atoms with Gasteiger partial charge in [-0.05, 0) is 26.2 Å². The van der Waals surface area contributed by atoms with Gasteiger partial charge in [-0.1, -0.05) is 13.8 Å². The van der Waals surface area contributed by atoms with Crippen LogP contribution in [0, 0.1) is 0 Å². The minimum atomic E-state index is -3.52. The van der Waals surface area contributed by atoms with Gasteiger partial charge in [-0.3, -0.25) is 4.79 Å². The molecule has 0 bridgehead atoms. The molecule has 0 aromatic rings. The third-order valence-electron chi connectivity index (χ3n) is 3.88. The highest BCUT2D eigenvalue weighted by atomic mass is 32.2. The number of amides is 1. The van der Waals surface area contributed by atoms with E-state index in [9.17, 15) is 13.2 Å². The van der Waals surface area contributed by atoms with Crippen molar-refractivity contribution in [3.8, 4) is 0 Å². The Morgan fingerprint density at radius 1 is 1.35 bits per heavy atom. The minimum absolute atomic E-state index is 0.0387. The second kappa shape index (κ2) is 7.38. The maximum absolute atomic E-state index is 12.3. The van der Waals surface area contributed by atoms with Crippen LogP contribution in [0.25, 0.3) is 0 Å². The quantitative estimate of drug-likeness (QED) is 0.769. The summed E-state index contributed by atoms with van der Waals surface area (Å²) in [6.07, 6.45) is 2.81. The molecule has 1 aliphatic rings. The summed E-state index contributed by atoms with van der Waals surface area (Å²) in [4.78, 5) is 14.0. The molecule has 1 rings (SSSR count). The predicted molar refractivity (Wildman–Crippen MR) is 79.7 cm³/mol. The molecule has 1 heterocycles. The fourth-order valence-electron chi connectivity index (χ4n) is 2.76. The zero-order valence-electron chi connectivity index (χ0n) is 12.7. The van der Waals surface area contributed by atoms with Crippen molar-refractivity contribution in [2.45, 2.75) is 52.1 Å². The molecule has 1 fully saturated rings. The van der Waals surface area contributed by atoms with Crippen LogP contribution in [0.2, 0.25) is 0 Å². The van der Waals surface area contributed by atoms with E-state index in [0.717, 1.165) is 19.3 Å². The number of rotatable bonds is 6. The first kappa shape index (κ1) is 17.4. The number of hydrogen-bond acceptors (Lipinski definition) is 4. The smallest absolute Gasteiger partial charge is 0.239 e. The number of likely N-dealkylation sites (tertiary alicyclic amines) is 1. The van der Waals surface area contributed by atoms with E-state index in [-0.39, 0.29) is 18.0 Å². The molecule has 2 atom stereocenters. The van der Waals surface area contributed by atoms with Gasteiger partial charge in [0.05, 0.1) is 0 Å². The van der Waals surface area contributed by atoms with Crippen molar-refractivity contribution in [2.75, 3.05) is 25.4 Å². The lowest BCUT2D eigenvalue weighted by molar-refractivity contribution is -0.132. The van der Waals surface area contributed by atoms with Gasteiger partial charge in [0.15, 0.2) is 0 Å². The molecule has 2 unspecified atom stereocenters. The van der Waals surface area contributed by atoms with E-state index in [4.69, 9.17) is 5.73 Å². The van der Waals surface area contributed by atoms with Gasteiger partial charge in [-0.25, -0.2) is 12.7 Å². The summed E-state index contributed by atoms with van der Waals surface area (Å²) < 4.78 is 25.7. The van der Waals surface area contributed by atoms with Crippen LogP contribution in [0.4, 0.5) is 0 Å². The van der Waals surface area contributed by atoms with E-state index in [0.29, 0.717) is 19.6 Å². The van der Waals surface area contributed by atoms with Gasteiger partial charge < -0.3 is 10.6 Å². The van der Waals surface area contributed by atoms with Crippen molar-refractivity contribution in [2.24, 2.45) is 5.73 Å². The summed E-state index contributed by atoms with van der Waals surface area (Å²) >= 11 is 0. The summed E-state index contributed by atoms with van der Waals surface area (Å²) in [5.74, 6) is -0.767. The molecule has 2 N–H and O–H groups in total. The highest BCUT2D eigenvalue weighted by Crippen LogP contribution is 2.20. The van der Waals surface area contributed by atoms with Crippen molar-refractivity contribution in [1.29, 1.82) is 0 Å². The van der Waals surface area contributed by atoms with Gasteiger partial charge in [0, 0.05) is 31.7 Å². The summed E-state index contributed by atoms with van der Waals surface area (Å²) in [6, 6.07) is -0.168. The third kappa shape index (κ3) is 4.17. The Bertz CT molecular complexity index is 419. The third-order valence-corrected chi connectivity index (χ3v) is 5.80. The summed E-state index contributed by atoms with van der Waals surface area (Å²) in [5, 5.41) is 0. The molecule has 0 radical (unpaired) electrons. The lowest BCUT2D eigenvalue weighted by Crippen LogP contribution is -2.53. The number of nitrogens with two attached hydrogens (primary N) is 1. The molecule has 1 amide bonds. The van der Waals surface area contributed by atoms with Crippen molar-refractivity contribution in [3.05, 3.63) is 0 Å². The van der Waals surface area contributed by atoms with Gasteiger partial charge in [-0.15, -0.1) is 0 Å². The monoisotopic (exact) mass is 305 g/mol. The SMILES string of the molecule is CCN(CC)S(=O)(=O)CC(=O)N1CCCCC1C(C)N. The van der Waals surface area contributed by atoms with Crippen molar-refractivity contribution in [3.63, 3.8) is 0 Å². The van der Waals surface area contributed by atoms with E-state index >= 15 is 0 Å². The normalized spacial score (nSPS) is 22.1. The number of sulfonamides is 1. The topological polar surface area (TPSA) is 83.7 Å². The van der Waals surface area contributed by atoms with Crippen LogP contribution in [0.1, 0.15) is 40.0 Å². The predicted octanol–water partition coefficient (Wildman–Crippen LogP) is 0.386. The summed E-state index contributed by atoms with van der Waals surface area (Å²) in [6.45, 7) is 6.81. The largest absolute Gasteiger partial charge is 0.337 e. The molecule has 0 spiro atoms.